The summed E-state index contributed by atoms with van der Waals surface area (Å²) >= 11 is 5.79. The van der Waals surface area contributed by atoms with Crippen molar-refractivity contribution in [3.8, 4) is 5.75 Å². The van der Waals surface area contributed by atoms with Gasteiger partial charge in [-0.1, -0.05) is 11.6 Å². The topological polar surface area (TPSA) is 53.1 Å². The van der Waals surface area contributed by atoms with E-state index in [4.69, 9.17) is 22.1 Å². The van der Waals surface area contributed by atoms with Crippen LogP contribution in [0.1, 0.15) is 12.6 Å². The lowest BCUT2D eigenvalue weighted by atomic mass is 10.3. The highest BCUT2D eigenvalue weighted by Gasteiger charge is 2.07. The van der Waals surface area contributed by atoms with Gasteiger partial charge in [-0.3, -0.25) is 4.68 Å². The van der Waals surface area contributed by atoms with Gasteiger partial charge in [-0.15, -0.1) is 0 Å². The summed E-state index contributed by atoms with van der Waals surface area (Å²) in [6, 6.07) is 7.23. The van der Waals surface area contributed by atoms with Gasteiger partial charge in [-0.05, 0) is 31.2 Å². The molecule has 0 unspecified atom stereocenters. The Labute approximate surface area is 105 Å². The molecule has 1 aromatic heterocycles. The Bertz CT molecular complexity index is 493. The molecule has 0 saturated heterocycles. The molecule has 2 rings (SSSR count). The lowest BCUT2D eigenvalue weighted by Gasteiger charge is -2.08. The van der Waals surface area contributed by atoms with Gasteiger partial charge in [0.2, 0.25) is 0 Å². The lowest BCUT2D eigenvalue weighted by molar-refractivity contribution is 0.293. The Hall–Kier alpha value is -1.68. The van der Waals surface area contributed by atoms with Crippen LogP contribution in [0.2, 0.25) is 5.02 Å². The zero-order valence-electron chi connectivity index (χ0n) is 9.56. The van der Waals surface area contributed by atoms with Crippen LogP contribution in [-0.2, 0) is 13.2 Å². The number of rotatable bonds is 4. The van der Waals surface area contributed by atoms with E-state index in [0.717, 1.165) is 18.0 Å². The summed E-state index contributed by atoms with van der Waals surface area (Å²) in [6.07, 6.45) is 1.64. The summed E-state index contributed by atoms with van der Waals surface area (Å²) < 4.78 is 7.45. The van der Waals surface area contributed by atoms with Crippen molar-refractivity contribution in [1.82, 2.24) is 9.78 Å². The normalized spacial score (nSPS) is 10.5. The minimum absolute atomic E-state index is 0.404. The molecule has 2 N–H and O–H groups in total. The van der Waals surface area contributed by atoms with E-state index in [1.807, 2.05) is 23.7 Å². The number of aryl methyl sites for hydroxylation is 1. The third kappa shape index (κ3) is 2.71. The van der Waals surface area contributed by atoms with E-state index >= 15 is 0 Å². The molecule has 5 heteroatoms. The van der Waals surface area contributed by atoms with Gasteiger partial charge in [0.05, 0.1) is 17.6 Å². The highest BCUT2D eigenvalue weighted by atomic mass is 35.5. The van der Waals surface area contributed by atoms with Gasteiger partial charge in [0.1, 0.15) is 12.4 Å². The van der Waals surface area contributed by atoms with Crippen LogP contribution < -0.4 is 10.5 Å². The smallest absolute Gasteiger partial charge is 0.132 e. The maximum Gasteiger partial charge on any atom is 0.132 e. The van der Waals surface area contributed by atoms with Gasteiger partial charge < -0.3 is 10.5 Å². The molecule has 0 radical (unpaired) electrons. The van der Waals surface area contributed by atoms with Crippen LogP contribution >= 0.6 is 11.6 Å². The van der Waals surface area contributed by atoms with Gasteiger partial charge in [0, 0.05) is 11.6 Å². The van der Waals surface area contributed by atoms with E-state index in [0.29, 0.717) is 17.3 Å². The van der Waals surface area contributed by atoms with Crippen LogP contribution in [0, 0.1) is 0 Å². The number of halogens is 1. The van der Waals surface area contributed by atoms with Crippen LogP contribution in [-0.4, -0.2) is 9.78 Å². The van der Waals surface area contributed by atoms with Crippen LogP contribution in [0.4, 0.5) is 5.69 Å². The number of hydrogen-bond acceptors (Lipinski definition) is 3. The summed E-state index contributed by atoms with van der Waals surface area (Å²) in [5.74, 6) is 0.762. The average molecular weight is 252 g/mol. The molecule has 0 saturated carbocycles. The molecule has 0 aliphatic rings. The molecule has 0 fully saturated rings. The second-order valence-electron chi connectivity index (χ2n) is 3.60. The number of hydrogen-bond donors (Lipinski definition) is 1. The molecule has 0 amide bonds. The van der Waals surface area contributed by atoms with Crippen molar-refractivity contribution < 1.29 is 4.74 Å². The predicted molar refractivity (Wildman–Crippen MR) is 68.1 cm³/mol. The Morgan fingerprint density at radius 1 is 1.35 bits per heavy atom. The summed E-state index contributed by atoms with van der Waals surface area (Å²) in [7, 11) is 0. The van der Waals surface area contributed by atoms with E-state index in [9.17, 15) is 0 Å². The zero-order valence-corrected chi connectivity index (χ0v) is 10.3. The minimum Gasteiger partial charge on any atom is -0.487 e. The fourth-order valence-corrected chi connectivity index (χ4v) is 1.66. The van der Waals surface area contributed by atoms with Gasteiger partial charge in [-0.2, -0.15) is 5.10 Å². The van der Waals surface area contributed by atoms with Gasteiger partial charge >= 0.3 is 0 Å². The van der Waals surface area contributed by atoms with Crippen LogP contribution in [0.3, 0.4) is 0 Å². The number of ether oxygens (including phenoxy) is 1. The minimum atomic E-state index is 0.404. The van der Waals surface area contributed by atoms with Crippen molar-refractivity contribution >= 4 is 17.3 Å². The monoisotopic (exact) mass is 251 g/mol. The zero-order chi connectivity index (χ0) is 12.3. The van der Waals surface area contributed by atoms with Gasteiger partial charge in [0.15, 0.2) is 0 Å². The van der Waals surface area contributed by atoms with Crippen molar-refractivity contribution in [3.63, 3.8) is 0 Å². The quantitative estimate of drug-likeness (QED) is 0.909. The highest BCUT2D eigenvalue weighted by molar-refractivity contribution is 6.30. The Kier molecular flexibility index (Phi) is 3.54. The first-order chi connectivity index (χ1) is 8.20. The average Bonchev–Trinajstić information content (AvgIpc) is 2.69. The molecule has 1 aromatic carbocycles. The third-order valence-corrected chi connectivity index (χ3v) is 2.72. The molecule has 90 valence electrons. The summed E-state index contributed by atoms with van der Waals surface area (Å²) in [5, 5.41) is 4.84. The molecule has 1 heterocycles. The van der Waals surface area contributed by atoms with Crippen molar-refractivity contribution in [3.05, 3.63) is 41.2 Å². The second-order valence-corrected chi connectivity index (χ2v) is 4.04. The largest absolute Gasteiger partial charge is 0.487 e. The van der Waals surface area contributed by atoms with Crippen molar-refractivity contribution in [2.24, 2.45) is 0 Å². The molecular weight excluding hydrogens is 238 g/mol. The molecule has 2 aromatic rings. The number of aromatic nitrogens is 2. The second kappa shape index (κ2) is 5.10. The van der Waals surface area contributed by atoms with Crippen LogP contribution in [0.15, 0.2) is 30.5 Å². The highest BCUT2D eigenvalue weighted by Crippen LogP contribution is 2.18. The Morgan fingerprint density at radius 3 is 2.71 bits per heavy atom. The molecular formula is C12H14ClN3O. The molecule has 0 atom stereocenters. The maximum absolute atomic E-state index is 5.82. The van der Waals surface area contributed by atoms with Crippen LogP contribution in [0.25, 0.3) is 0 Å². The SMILES string of the molecule is CCn1ncc(N)c1COc1ccc(Cl)cc1. The van der Waals surface area contributed by atoms with Crippen LogP contribution in [0.5, 0.6) is 5.75 Å². The van der Waals surface area contributed by atoms with E-state index < -0.39 is 0 Å². The standard InChI is InChI=1S/C12H14ClN3O/c1-2-16-12(11(14)7-15-16)8-17-10-5-3-9(13)4-6-10/h3-7H,2,8,14H2,1H3. The number of nitrogen functional groups attached to an aromatic ring is 1. The fourth-order valence-electron chi connectivity index (χ4n) is 1.54. The van der Waals surface area contributed by atoms with Crippen molar-refractivity contribution in [2.75, 3.05) is 5.73 Å². The first kappa shape index (κ1) is 11.8. The first-order valence-electron chi connectivity index (χ1n) is 5.39. The number of nitrogens with zero attached hydrogens (tertiary/aromatic N) is 2. The lowest BCUT2D eigenvalue weighted by Crippen LogP contribution is -2.07. The van der Waals surface area contributed by atoms with E-state index in [1.165, 1.54) is 0 Å². The number of nitrogens with two attached hydrogens (primary N) is 1. The summed E-state index contributed by atoms with van der Waals surface area (Å²) in [4.78, 5) is 0. The van der Waals surface area contributed by atoms with Gasteiger partial charge in [-0.25, -0.2) is 0 Å². The predicted octanol–water partition coefficient (Wildman–Crippen LogP) is 2.72. The van der Waals surface area contributed by atoms with E-state index in [2.05, 4.69) is 5.10 Å². The van der Waals surface area contributed by atoms with Crippen molar-refractivity contribution in [2.45, 2.75) is 20.1 Å². The molecule has 0 aliphatic heterocycles. The first-order valence-corrected chi connectivity index (χ1v) is 5.77. The van der Waals surface area contributed by atoms with E-state index in [-0.39, 0.29) is 0 Å². The summed E-state index contributed by atoms with van der Waals surface area (Å²) in [6.45, 7) is 3.19. The maximum atomic E-state index is 5.82. The number of benzene rings is 1. The van der Waals surface area contributed by atoms with E-state index in [1.54, 1.807) is 18.3 Å². The van der Waals surface area contributed by atoms with Gasteiger partial charge in [0.25, 0.3) is 0 Å². The third-order valence-electron chi connectivity index (χ3n) is 2.47. The fraction of sp³-hybridized carbons (Fsp3) is 0.250. The molecule has 0 bridgehead atoms. The molecule has 0 aliphatic carbocycles. The Morgan fingerprint density at radius 2 is 2.06 bits per heavy atom. The summed E-state index contributed by atoms with van der Waals surface area (Å²) in [5.41, 5.74) is 7.37. The molecule has 4 nitrogen and oxygen atoms in total. The number of anilines is 1. The van der Waals surface area contributed by atoms with Crippen molar-refractivity contribution in [1.29, 1.82) is 0 Å². The molecule has 17 heavy (non-hydrogen) atoms. The molecule has 0 spiro atoms. The Balaban J connectivity index is 2.06.